The standard InChI is InChI=1S/C34H25BrSi/c35-33-25-22-26-12-10-11-19-32(26)34(33)27-20-23-31(24-21-27)36(28-13-4-1-5-14-28,29-15-6-2-7-16-29)30-17-8-3-9-18-30/h1-25H. The summed E-state index contributed by atoms with van der Waals surface area (Å²) in [6.45, 7) is 0. The average molecular weight is 542 g/mol. The molecule has 0 aliphatic rings. The van der Waals surface area contributed by atoms with Crippen LogP contribution in [0.4, 0.5) is 0 Å². The van der Waals surface area contributed by atoms with Gasteiger partial charge < -0.3 is 0 Å². The largest absolute Gasteiger partial charge is 0.179 e. The fourth-order valence-corrected chi connectivity index (χ4v) is 10.8. The molecule has 0 saturated carbocycles. The highest BCUT2D eigenvalue weighted by molar-refractivity contribution is 9.10. The first-order valence-electron chi connectivity index (χ1n) is 12.2. The summed E-state index contributed by atoms with van der Waals surface area (Å²) < 4.78 is 1.12. The Morgan fingerprint density at radius 2 is 0.833 bits per heavy atom. The molecule has 6 aromatic rings. The van der Waals surface area contributed by atoms with Gasteiger partial charge in [-0.1, -0.05) is 162 Å². The number of hydrogen-bond donors (Lipinski definition) is 0. The first-order valence-corrected chi connectivity index (χ1v) is 15.0. The van der Waals surface area contributed by atoms with Crippen molar-refractivity contribution in [3.05, 3.63) is 156 Å². The highest BCUT2D eigenvalue weighted by Gasteiger charge is 2.41. The summed E-state index contributed by atoms with van der Waals surface area (Å²) in [6.07, 6.45) is 0. The molecule has 2 heteroatoms. The highest BCUT2D eigenvalue weighted by Crippen LogP contribution is 2.35. The Hall–Kier alpha value is -3.72. The van der Waals surface area contributed by atoms with E-state index in [1.165, 1.54) is 42.6 Å². The van der Waals surface area contributed by atoms with Gasteiger partial charge in [0.1, 0.15) is 0 Å². The molecule has 0 radical (unpaired) electrons. The quantitative estimate of drug-likeness (QED) is 0.169. The van der Waals surface area contributed by atoms with Crippen molar-refractivity contribution in [3.63, 3.8) is 0 Å². The van der Waals surface area contributed by atoms with Gasteiger partial charge >= 0.3 is 0 Å². The Labute approximate surface area is 222 Å². The van der Waals surface area contributed by atoms with Crippen LogP contribution < -0.4 is 20.7 Å². The lowest BCUT2D eigenvalue weighted by Crippen LogP contribution is -2.74. The maximum Gasteiger partial charge on any atom is 0.179 e. The number of fused-ring (bicyclic) bond motifs is 1. The van der Waals surface area contributed by atoms with Crippen molar-refractivity contribution in [1.82, 2.24) is 0 Å². The molecule has 0 aromatic heterocycles. The summed E-state index contributed by atoms with van der Waals surface area (Å²) in [4.78, 5) is 0. The van der Waals surface area contributed by atoms with E-state index in [0.717, 1.165) is 4.47 Å². The van der Waals surface area contributed by atoms with Crippen molar-refractivity contribution < 1.29 is 0 Å². The SMILES string of the molecule is Brc1ccc2ccccc2c1-c1ccc([Si](c2ccccc2)(c2ccccc2)c2ccccc2)cc1. The predicted octanol–water partition coefficient (Wildman–Crippen LogP) is 6.65. The molecule has 0 aliphatic carbocycles. The molecular weight excluding hydrogens is 516 g/mol. The molecule has 36 heavy (non-hydrogen) atoms. The summed E-state index contributed by atoms with van der Waals surface area (Å²) in [7, 11) is -2.50. The molecule has 0 saturated heterocycles. The number of hydrogen-bond acceptors (Lipinski definition) is 0. The van der Waals surface area contributed by atoms with Gasteiger partial charge in [-0.05, 0) is 43.1 Å². The Bertz CT molecular complexity index is 1510. The molecule has 0 amide bonds. The Kier molecular flexibility index (Phi) is 6.14. The predicted molar refractivity (Wildman–Crippen MR) is 161 cm³/mol. The van der Waals surface area contributed by atoms with Gasteiger partial charge in [-0.3, -0.25) is 0 Å². The Morgan fingerprint density at radius 3 is 1.36 bits per heavy atom. The molecule has 172 valence electrons. The lowest BCUT2D eigenvalue weighted by atomic mass is 9.98. The van der Waals surface area contributed by atoms with Gasteiger partial charge in [0.15, 0.2) is 8.07 Å². The second kappa shape index (κ2) is 9.73. The number of benzene rings is 6. The zero-order chi connectivity index (χ0) is 24.4. The van der Waals surface area contributed by atoms with Gasteiger partial charge in [0.25, 0.3) is 0 Å². The molecule has 0 fully saturated rings. The Balaban J connectivity index is 1.61. The monoisotopic (exact) mass is 540 g/mol. The van der Waals surface area contributed by atoms with Crippen molar-refractivity contribution in [2.75, 3.05) is 0 Å². The molecule has 0 heterocycles. The van der Waals surface area contributed by atoms with E-state index in [2.05, 4.69) is 168 Å². The zero-order valence-electron chi connectivity index (χ0n) is 19.8. The first kappa shape index (κ1) is 22.7. The lowest BCUT2D eigenvalue weighted by molar-refractivity contribution is 1.62. The van der Waals surface area contributed by atoms with Gasteiger partial charge in [0.05, 0.1) is 0 Å². The minimum absolute atomic E-state index is 1.12. The van der Waals surface area contributed by atoms with Crippen molar-refractivity contribution in [2.24, 2.45) is 0 Å². The van der Waals surface area contributed by atoms with Crippen LogP contribution in [0.2, 0.25) is 0 Å². The van der Waals surface area contributed by atoms with Gasteiger partial charge in [-0.25, -0.2) is 0 Å². The molecule has 0 N–H and O–H groups in total. The third-order valence-electron chi connectivity index (χ3n) is 7.11. The highest BCUT2D eigenvalue weighted by atomic mass is 79.9. The molecule has 0 aliphatic heterocycles. The van der Waals surface area contributed by atoms with Crippen LogP contribution in [0.3, 0.4) is 0 Å². The fourth-order valence-electron chi connectivity index (χ4n) is 5.49. The normalized spacial score (nSPS) is 11.5. The van der Waals surface area contributed by atoms with E-state index in [0.29, 0.717) is 0 Å². The Morgan fingerprint density at radius 1 is 0.389 bits per heavy atom. The van der Waals surface area contributed by atoms with E-state index >= 15 is 0 Å². The topological polar surface area (TPSA) is 0 Å². The van der Waals surface area contributed by atoms with Gasteiger partial charge in [0, 0.05) is 10.0 Å². The van der Waals surface area contributed by atoms with Gasteiger partial charge in [0.2, 0.25) is 0 Å². The molecule has 0 unspecified atom stereocenters. The summed E-state index contributed by atoms with van der Waals surface area (Å²) in [5.74, 6) is 0. The van der Waals surface area contributed by atoms with Crippen LogP contribution >= 0.6 is 15.9 Å². The molecule has 6 rings (SSSR count). The summed E-state index contributed by atoms with van der Waals surface area (Å²) in [5.41, 5.74) is 2.46. The van der Waals surface area contributed by atoms with E-state index in [4.69, 9.17) is 0 Å². The van der Waals surface area contributed by atoms with Gasteiger partial charge in [-0.15, -0.1) is 0 Å². The fraction of sp³-hybridized carbons (Fsp3) is 0. The van der Waals surface area contributed by atoms with E-state index in [-0.39, 0.29) is 0 Å². The minimum atomic E-state index is -2.50. The van der Waals surface area contributed by atoms with E-state index in [9.17, 15) is 0 Å². The van der Waals surface area contributed by atoms with E-state index < -0.39 is 8.07 Å². The minimum Gasteiger partial charge on any atom is -0.0623 e. The van der Waals surface area contributed by atoms with Crippen LogP contribution in [-0.4, -0.2) is 8.07 Å². The van der Waals surface area contributed by atoms with Crippen molar-refractivity contribution in [1.29, 1.82) is 0 Å². The number of halogens is 1. The van der Waals surface area contributed by atoms with Crippen LogP contribution in [0.15, 0.2) is 156 Å². The summed E-state index contributed by atoms with van der Waals surface area (Å²) >= 11 is 3.83. The molecule has 0 bridgehead atoms. The van der Waals surface area contributed by atoms with E-state index in [1.807, 2.05) is 0 Å². The molecule has 0 atom stereocenters. The van der Waals surface area contributed by atoms with Crippen LogP contribution in [0.1, 0.15) is 0 Å². The first-order chi connectivity index (χ1) is 17.8. The van der Waals surface area contributed by atoms with Crippen LogP contribution in [0.25, 0.3) is 21.9 Å². The van der Waals surface area contributed by atoms with Crippen molar-refractivity contribution in [2.45, 2.75) is 0 Å². The summed E-state index contributed by atoms with van der Waals surface area (Å²) in [5, 5.41) is 8.06. The average Bonchev–Trinajstić information content (AvgIpc) is 2.96. The van der Waals surface area contributed by atoms with Crippen LogP contribution in [-0.2, 0) is 0 Å². The van der Waals surface area contributed by atoms with E-state index in [1.54, 1.807) is 0 Å². The third kappa shape index (κ3) is 3.83. The third-order valence-corrected chi connectivity index (χ3v) is 12.6. The van der Waals surface area contributed by atoms with Crippen molar-refractivity contribution >= 4 is 55.5 Å². The molecule has 0 spiro atoms. The lowest BCUT2D eigenvalue weighted by Gasteiger charge is -2.34. The van der Waals surface area contributed by atoms with Crippen LogP contribution in [0, 0.1) is 0 Å². The second-order valence-corrected chi connectivity index (χ2v) is 13.7. The number of rotatable bonds is 5. The van der Waals surface area contributed by atoms with Crippen molar-refractivity contribution in [3.8, 4) is 11.1 Å². The van der Waals surface area contributed by atoms with Crippen LogP contribution in [0.5, 0.6) is 0 Å². The second-order valence-electron chi connectivity index (χ2n) is 9.07. The zero-order valence-corrected chi connectivity index (χ0v) is 22.4. The molecular formula is C34H25BrSi. The maximum absolute atomic E-state index is 3.83. The smallest absolute Gasteiger partial charge is 0.0623 e. The molecule has 0 nitrogen and oxygen atoms in total. The van der Waals surface area contributed by atoms with Gasteiger partial charge in [-0.2, -0.15) is 0 Å². The maximum atomic E-state index is 3.83. The summed E-state index contributed by atoms with van der Waals surface area (Å²) in [6, 6.07) is 55.5. The molecule has 6 aromatic carbocycles.